The first-order valence-corrected chi connectivity index (χ1v) is 12.9. The number of carbonyl (C=O) groups is 1. The van der Waals surface area contributed by atoms with Crippen molar-refractivity contribution in [1.82, 2.24) is 34.5 Å². The molecule has 1 N–H and O–H groups in total. The molecular formula is C23H17F2N8O6P. The summed E-state index contributed by atoms with van der Waals surface area (Å²) in [4.78, 5) is 36.5. The molecule has 0 spiro atoms. The van der Waals surface area contributed by atoms with Gasteiger partial charge >= 0.3 is 13.9 Å². The van der Waals surface area contributed by atoms with E-state index < -0.39 is 31.6 Å². The van der Waals surface area contributed by atoms with Crippen molar-refractivity contribution < 1.29 is 36.9 Å². The van der Waals surface area contributed by atoms with E-state index in [0.717, 1.165) is 19.6 Å². The quantitative estimate of drug-likeness (QED) is 0.286. The van der Waals surface area contributed by atoms with Crippen molar-refractivity contribution in [3.8, 4) is 22.5 Å². The number of aromatic nitrogens is 7. The number of ether oxygens (including phenoxy) is 1. The molecule has 204 valence electrons. The number of phosphoric acid groups is 1. The van der Waals surface area contributed by atoms with Gasteiger partial charge in [-0.15, -0.1) is 5.10 Å². The lowest BCUT2D eigenvalue weighted by Crippen LogP contribution is -2.28. The second-order valence-corrected chi connectivity index (χ2v) is 9.84. The lowest BCUT2D eigenvalue weighted by Gasteiger charge is -2.20. The summed E-state index contributed by atoms with van der Waals surface area (Å²) in [6, 6.07) is 7.87. The molecule has 1 amide bonds. The van der Waals surface area contributed by atoms with Crippen molar-refractivity contribution in [2.24, 2.45) is 0 Å². The van der Waals surface area contributed by atoms with E-state index in [1.54, 1.807) is 18.3 Å². The van der Waals surface area contributed by atoms with Crippen LogP contribution in [0.3, 0.4) is 0 Å². The first kappa shape index (κ1) is 25.5. The van der Waals surface area contributed by atoms with Gasteiger partial charge in [-0.05, 0) is 35.9 Å². The van der Waals surface area contributed by atoms with Crippen LogP contribution in [-0.4, -0.2) is 59.2 Å². The van der Waals surface area contributed by atoms with E-state index in [2.05, 4.69) is 34.3 Å². The molecule has 5 aromatic rings. The first-order valence-electron chi connectivity index (χ1n) is 11.4. The zero-order valence-electron chi connectivity index (χ0n) is 20.3. The molecule has 4 aromatic heterocycles. The summed E-state index contributed by atoms with van der Waals surface area (Å²) in [7, 11) is -3.41. The molecule has 1 aliphatic heterocycles. The predicted molar refractivity (Wildman–Crippen MR) is 132 cm³/mol. The van der Waals surface area contributed by atoms with Crippen molar-refractivity contribution in [2.45, 2.75) is 6.04 Å². The van der Waals surface area contributed by atoms with Gasteiger partial charge in [0, 0.05) is 18.9 Å². The van der Waals surface area contributed by atoms with Crippen LogP contribution in [0.15, 0.2) is 61.3 Å². The van der Waals surface area contributed by atoms with E-state index >= 15 is 4.39 Å². The smallest absolute Gasteiger partial charge is 0.446 e. The van der Waals surface area contributed by atoms with Gasteiger partial charge < -0.3 is 4.74 Å². The lowest BCUT2D eigenvalue weighted by atomic mass is 10.1. The summed E-state index contributed by atoms with van der Waals surface area (Å²) < 4.78 is 55.8. The third-order valence-electron chi connectivity index (χ3n) is 5.98. The average molecular weight is 570 g/mol. The molecule has 1 saturated heterocycles. The minimum Gasteiger partial charge on any atom is -0.446 e. The van der Waals surface area contributed by atoms with Crippen LogP contribution in [0.25, 0.3) is 28.2 Å². The van der Waals surface area contributed by atoms with Crippen LogP contribution in [0.2, 0.25) is 0 Å². The largest absolute Gasteiger partial charge is 0.547 e. The molecule has 0 bridgehead atoms. The summed E-state index contributed by atoms with van der Waals surface area (Å²) >= 11 is 0. The summed E-state index contributed by atoms with van der Waals surface area (Å²) in [6.45, 7) is -0.000715. The van der Waals surface area contributed by atoms with E-state index in [1.807, 2.05) is 0 Å². The second-order valence-electron chi connectivity index (χ2n) is 8.37. The topological polar surface area (TPSA) is 159 Å². The SMILES string of the molecule is COP(=O)(O)On1cnc(-c2ccc(-c3cnn4ccc(N5C(=O)OCC5c5ccc(F)cn5)nc34)cc2F)n1. The highest BCUT2D eigenvalue weighted by atomic mass is 31.2. The fraction of sp³-hybridized carbons (Fsp3) is 0.130. The summed E-state index contributed by atoms with van der Waals surface area (Å²) in [6.07, 6.45) is 4.47. The van der Waals surface area contributed by atoms with Crippen molar-refractivity contribution in [1.29, 1.82) is 0 Å². The van der Waals surface area contributed by atoms with E-state index in [1.165, 1.54) is 39.9 Å². The van der Waals surface area contributed by atoms with Gasteiger partial charge in [-0.25, -0.2) is 37.5 Å². The number of amides is 1. The number of anilines is 1. The molecule has 0 saturated carbocycles. The molecule has 2 unspecified atom stereocenters. The molecule has 1 aromatic carbocycles. The standard InChI is InChI=1S/C23H17F2N8O6P/c1-37-40(35,36)39-32-12-27-21(30-32)15-4-2-13(8-17(15)25)16-10-28-31-7-6-20(29-22(16)31)33-19(11-38-23(33)34)18-5-3-14(24)9-26-18/h2-10,12,19H,11H2,1H3,(H,35,36). The Balaban J connectivity index is 1.32. The molecule has 17 heteroatoms. The van der Waals surface area contributed by atoms with Gasteiger partial charge in [-0.3, -0.25) is 19.0 Å². The predicted octanol–water partition coefficient (Wildman–Crippen LogP) is 3.20. The van der Waals surface area contributed by atoms with Crippen LogP contribution >= 0.6 is 7.82 Å². The molecule has 0 radical (unpaired) electrons. The molecule has 6 rings (SSSR count). The Morgan fingerprint density at radius 3 is 2.73 bits per heavy atom. The fourth-order valence-electron chi connectivity index (χ4n) is 4.09. The van der Waals surface area contributed by atoms with Crippen LogP contribution in [0.1, 0.15) is 11.7 Å². The van der Waals surface area contributed by atoms with Gasteiger partial charge in [0.1, 0.15) is 30.1 Å². The number of phosphoric ester groups is 1. The van der Waals surface area contributed by atoms with Gasteiger partial charge in [-0.1, -0.05) is 10.9 Å². The van der Waals surface area contributed by atoms with E-state index in [0.29, 0.717) is 27.3 Å². The maximum Gasteiger partial charge on any atom is 0.547 e. The first-order chi connectivity index (χ1) is 19.2. The Labute approximate surface area is 223 Å². The Hall–Kier alpha value is -4.79. The zero-order chi connectivity index (χ0) is 28.0. The number of fused-ring (bicyclic) bond motifs is 1. The molecule has 1 aliphatic rings. The summed E-state index contributed by atoms with van der Waals surface area (Å²) in [5.74, 6) is -1.08. The maximum absolute atomic E-state index is 15.2. The van der Waals surface area contributed by atoms with Crippen molar-refractivity contribution >= 4 is 25.4 Å². The maximum atomic E-state index is 15.2. The molecule has 40 heavy (non-hydrogen) atoms. The van der Waals surface area contributed by atoms with Gasteiger partial charge in [0.05, 0.1) is 23.7 Å². The number of hydrogen-bond donors (Lipinski definition) is 1. The highest BCUT2D eigenvalue weighted by molar-refractivity contribution is 7.47. The number of pyridine rings is 1. The Morgan fingerprint density at radius 1 is 1.12 bits per heavy atom. The van der Waals surface area contributed by atoms with Crippen molar-refractivity contribution in [2.75, 3.05) is 18.6 Å². The highest BCUT2D eigenvalue weighted by Crippen LogP contribution is 2.38. The average Bonchev–Trinajstić information content (AvgIpc) is 3.67. The minimum absolute atomic E-state index is 0.000715. The van der Waals surface area contributed by atoms with Gasteiger partial charge in [0.15, 0.2) is 17.8 Å². The lowest BCUT2D eigenvalue weighted by molar-refractivity contribution is 0.138. The van der Waals surface area contributed by atoms with E-state index in [4.69, 9.17) is 4.74 Å². The van der Waals surface area contributed by atoms with Crippen LogP contribution < -0.4 is 9.52 Å². The van der Waals surface area contributed by atoms with Crippen LogP contribution in [-0.2, 0) is 13.8 Å². The molecule has 14 nitrogen and oxygen atoms in total. The normalized spacial score (nSPS) is 16.8. The number of benzene rings is 1. The minimum atomic E-state index is -4.39. The highest BCUT2D eigenvalue weighted by Gasteiger charge is 2.37. The van der Waals surface area contributed by atoms with Gasteiger partial charge in [0.2, 0.25) is 0 Å². The summed E-state index contributed by atoms with van der Waals surface area (Å²) in [5.41, 5.74) is 1.61. The third-order valence-corrected chi connectivity index (χ3v) is 6.81. The molecule has 5 heterocycles. The van der Waals surface area contributed by atoms with Crippen LogP contribution in [0, 0.1) is 11.6 Å². The number of hydrogen-bond acceptors (Lipinski definition) is 10. The fourth-order valence-corrected chi connectivity index (χ4v) is 4.45. The van der Waals surface area contributed by atoms with Crippen molar-refractivity contribution in [3.05, 3.63) is 78.6 Å². The Bertz CT molecular complexity index is 1800. The van der Waals surface area contributed by atoms with Crippen LogP contribution in [0.5, 0.6) is 0 Å². The van der Waals surface area contributed by atoms with Gasteiger partial charge in [-0.2, -0.15) is 5.10 Å². The molecule has 0 aliphatic carbocycles. The Morgan fingerprint density at radius 2 is 1.98 bits per heavy atom. The third kappa shape index (κ3) is 4.64. The van der Waals surface area contributed by atoms with Gasteiger partial charge in [0.25, 0.3) is 0 Å². The summed E-state index contributed by atoms with van der Waals surface area (Å²) in [5, 5.41) is 8.10. The van der Waals surface area contributed by atoms with E-state index in [-0.39, 0.29) is 23.8 Å². The monoisotopic (exact) mass is 570 g/mol. The number of nitrogens with zero attached hydrogens (tertiary/aromatic N) is 8. The number of rotatable bonds is 7. The van der Waals surface area contributed by atoms with Crippen LogP contribution in [0.4, 0.5) is 19.4 Å². The number of cyclic esters (lactones) is 1. The second kappa shape index (κ2) is 9.75. The van der Waals surface area contributed by atoms with E-state index in [9.17, 15) is 18.6 Å². The van der Waals surface area contributed by atoms with Crippen molar-refractivity contribution in [3.63, 3.8) is 0 Å². The molecule has 1 fully saturated rings. The number of halogens is 2. The zero-order valence-corrected chi connectivity index (χ0v) is 21.2. The number of carbonyl (C=O) groups excluding carboxylic acids is 1. The Kier molecular flexibility index (Phi) is 6.21. The molecule has 2 atom stereocenters. The molecular weight excluding hydrogens is 553 g/mol.